The molecular weight excluding hydrogens is 329 g/mol. The second kappa shape index (κ2) is 17.2. The largest absolute Gasteiger partial charge is 0.826 e. The highest BCUT2D eigenvalue weighted by atomic mass is 31.1. The molecule has 0 atom stereocenters. The Hall–Kier alpha value is -0.210. The monoisotopic (exact) mass is 371 g/mol. The molecule has 25 heavy (non-hydrogen) atoms. The molecule has 3 nitrogen and oxygen atoms in total. The Balaban J connectivity index is 3.35. The molecule has 0 aromatic rings. The van der Waals surface area contributed by atoms with Crippen LogP contribution in [0, 0.1) is 0 Å². The van der Waals surface area contributed by atoms with Crippen LogP contribution in [0.25, 0.3) is 0 Å². The number of hydrogen-bond donors (Lipinski definition) is 0. The van der Waals surface area contributed by atoms with E-state index in [0.717, 1.165) is 17.4 Å². The maximum Gasteiger partial charge on any atom is 0.106 e. The quantitative estimate of drug-likeness (QED) is 0.150. The van der Waals surface area contributed by atoms with Crippen molar-refractivity contribution in [1.29, 1.82) is 0 Å². The van der Waals surface area contributed by atoms with Crippen LogP contribution < -0.4 is 5.11 Å². The first-order valence-electron chi connectivity index (χ1n) is 10.3. The van der Waals surface area contributed by atoms with Crippen molar-refractivity contribution in [3.63, 3.8) is 0 Å². The topological polar surface area (TPSA) is 32.3 Å². The summed E-state index contributed by atoms with van der Waals surface area (Å²) >= 11 is 0. The number of quaternary nitrogens is 1. The number of rotatable bonds is 17. The summed E-state index contributed by atoms with van der Waals surface area (Å²) in [6.07, 6.45) is 19.2. The molecule has 148 valence electrons. The molecule has 0 radical (unpaired) electrons. The highest BCUT2D eigenvalue weighted by Crippen LogP contribution is 2.11. The third-order valence-electron chi connectivity index (χ3n) is 4.17. The fraction of sp³-hybridized carbons (Fsp3) is 0.857. The van der Waals surface area contributed by atoms with Crippen molar-refractivity contribution >= 4 is 13.9 Å². The Morgan fingerprint density at radius 3 is 2.04 bits per heavy atom. The van der Waals surface area contributed by atoms with Crippen LogP contribution in [0.15, 0.2) is 12.2 Å². The zero-order chi connectivity index (χ0) is 18.8. The Morgan fingerprint density at radius 2 is 1.44 bits per heavy atom. The molecule has 0 aliphatic rings. The first-order chi connectivity index (χ1) is 12.0. The minimum atomic E-state index is 0.229. The lowest BCUT2D eigenvalue weighted by atomic mass is 10.1. The van der Waals surface area contributed by atoms with Gasteiger partial charge in [-0.2, -0.15) is 0 Å². The van der Waals surface area contributed by atoms with Crippen molar-refractivity contribution in [2.24, 2.45) is 0 Å². The zero-order valence-electron chi connectivity index (χ0n) is 17.3. The summed E-state index contributed by atoms with van der Waals surface area (Å²) in [5, 5.41) is 11.7. The molecule has 4 heteroatoms. The van der Waals surface area contributed by atoms with Gasteiger partial charge >= 0.3 is 0 Å². The Bertz CT molecular complexity index is 348. The van der Waals surface area contributed by atoms with Gasteiger partial charge in [0, 0.05) is 8.43 Å². The van der Waals surface area contributed by atoms with E-state index in [4.69, 9.17) is 4.52 Å². The second-order valence-electron chi connectivity index (χ2n) is 7.96. The number of nitrogens with zero attached hydrogens (tertiary/aromatic N) is 1. The smallest absolute Gasteiger partial charge is 0.106 e. The summed E-state index contributed by atoms with van der Waals surface area (Å²) in [6.45, 7) is 3.85. The molecule has 0 aromatic heterocycles. The molecule has 0 saturated heterocycles. The highest BCUT2D eigenvalue weighted by molar-refractivity contribution is 7.34. The molecule has 0 aromatic carbocycles. The summed E-state index contributed by atoms with van der Waals surface area (Å²) < 4.78 is 6.31. The lowest BCUT2D eigenvalue weighted by Gasteiger charge is -2.23. The van der Waals surface area contributed by atoms with Crippen molar-refractivity contribution in [2.45, 2.75) is 84.0 Å². The molecule has 0 aliphatic carbocycles. The SMILES string of the molecule is CCCCCCC=CCCCCCCCC([O-])=POCC[N+](C)(C)C. The van der Waals surface area contributed by atoms with E-state index in [2.05, 4.69) is 40.2 Å². The van der Waals surface area contributed by atoms with Crippen LogP contribution in [0.3, 0.4) is 0 Å². The van der Waals surface area contributed by atoms with Gasteiger partial charge in [-0.3, -0.25) is 0 Å². The van der Waals surface area contributed by atoms with Crippen LogP contribution in [-0.2, 0) is 4.52 Å². The molecule has 0 bridgehead atoms. The molecule has 0 heterocycles. The maximum atomic E-state index is 11.7. The minimum absolute atomic E-state index is 0.229. The summed E-state index contributed by atoms with van der Waals surface area (Å²) in [5.41, 5.74) is 0.229. The van der Waals surface area contributed by atoms with E-state index in [1.807, 2.05) is 0 Å². The lowest BCUT2D eigenvalue weighted by molar-refractivity contribution is -0.870. The number of hydrogen-bond acceptors (Lipinski definition) is 2. The van der Waals surface area contributed by atoms with Gasteiger partial charge in [0.15, 0.2) is 0 Å². The van der Waals surface area contributed by atoms with Crippen LogP contribution in [0.1, 0.15) is 84.0 Å². The van der Waals surface area contributed by atoms with Gasteiger partial charge in [0.25, 0.3) is 0 Å². The molecule has 0 saturated carbocycles. The average Bonchev–Trinajstić information content (AvgIpc) is 2.55. The Kier molecular flexibility index (Phi) is 17.1. The van der Waals surface area contributed by atoms with E-state index >= 15 is 0 Å². The first kappa shape index (κ1) is 24.8. The number of unbranched alkanes of at least 4 members (excludes halogenated alkanes) is 9. The summed E-state index contributed by atoms with van der Waals surface area (Å²) in [4.78, 5) is 0. The van der Waals surface area contributed by atoms with Crippen LogP contribution in [0.4, 0.5) is 0 Å². The molecule has 0 unspecified atom stereocenters. The van der Waals surface area contributed by atoms with Gasteiger partial charge in [-0.25, -0.2) is 0 Å². The third kappa shape index (κ3) is 21.7. The van der Waals surface area contributed by atoms with Gasteiger partial charge in [0.2, 0.25) is 0 Å². The number of likely N-dealkylation sites (N-methyl/N-ethyl adjacent to an activating group) is 1. The van der Waals surface area contributed by atoms with Gasteiger partial charge in [-0.15, -0.1) is 5.48 Å². The average molecular weight is 372 g/mol. The van der Waals surface area contributed by atoms with Gasteiger partial charge in [-0.1, -0.05) is 64.0 Å². The lowest BCUT2D eigenvalue weighted by Crippen LogP contribution is -2.37. The van der Waals surface area contributed by atoms with E-state index < -0.39 is 0 Å². The van der Waals surface area contributed by atoms with Crippen molar-refractivity contribution < 1.29 is 14.1 Å². The van der Waals surface area contributed by atoms with Gasteiger partial charge < -0.3 is 14.1 Å². The molecule has 0 amide bonds. The Morgan fingerprint density at radius 1 is 0.880 bits per heavy atom. The predicted octanol–water partition coefficient (Wildman–Crippen LogP) is 5.32. The molecule has 0 rings (SSSR count). The number of allylic oxidation sites excluding steroid dienone is 2. The van der Waals surface area contributed by atoms with Crippen molar-refractivity contribution in [3.05, 3.63) is 12.2 Å². The predicted molar refractivity (Wildman–Crippen MR) is 111 cm³/mol. The van der Waals surface area contributed by atoms with Crippen molar-refractivity contribution in [1.82, 2.24) is 0 Å². The molecule has 0 spiro atoms. The summed E-state index contributed by atoms with van der Waals surface area (Å²) in [6, 6.07) is 0. The van der Waals surface area contributed by atoms with E-state index in [9.17, 15) is 5.11 Å². The molecule has 0 N–H and O–H groups in total. The fourth-order valence-electron chi connectivity index (χ4n) is 2.47. The highest BCUT2D eigenvalue weighted by Gasteiger charge is 2.04. The standard InChI is InChI=1S/C21H42NO2P/c1-5-6-7-8-9-10-11-12-13-14-15-16-17-18-21(23)25-24-20-19-22(2,3)4/h10-11H,5-9,12-20H2,1-4H3. The molecular formula is C21H42NO2P. The fourth-order valence-corrected chi connectivity index (χ4v) is 3.04. The van der Waals surface area contributed by atoms with E-state index in [-0.39, 0.29) is 5.48 Å². The van der Waals surface area contributed by atoms with E-state index in [1.54, 1.807) is 0 Å². The van der Waals surface area contributed by atoms with Crippen LogP contribution in [0.2, 0.25) is 0 Å². The Labute approximate surface area is 158 Å². The van der Waals surface area contributed by atoms with Gasteiger partial charge in [-0.05, 0) is 32.1 Å². The van der Waals surface area contributed by atoms with E-state index in [1.165, 1.54) is 64.2 Å². The van der Waals surface area contributed by atoms with Crippen LogP contribution in [0.5, 0.6) is 0 Å². The second-order valence-corrected chi connectivity index (χ2v) is 8.90. The summed E-state index contributed by atoms with van der Waals surface area (Å²) in [5.74, 6) is 0. The van der Waals surface area contributed by atoms with Crippen LogP contribution in [-0.4, -0.2) is 44.3 Å². The van der Waals surface area contributed by atoms with Crippen molar-refractivity contribution in [3.8, 4) is 0 Å². The van der Waals surface area contributed by atoms with Crippen molar-refractivity contribution in [2.75, 3.05) is 34.3 Å². The van der Waals surface area contributed by atoms with E-state index in [0.29, 0.717) is 21.5 Å². The van der Waals surface area contributed by atoms with Gasteiger partial charge in [0.1, 0.15) is 13.2 Å². The minimum Gasteiger partial charge on any atom is -0.826 e. The summed E-state index contributed by atoms with van der Waals surface area (Å²) in [7, 11) is 6.94. The zero-order valence-corrected chi connectivity index (χ0v) is 18.2. The molecule has 0 fully saturated rings. The normalized spacial score (nSPS) is 13.1. The maximum absolute atomic E-state index is 11.7. The first-order valence-corrected chi connectivity index (χ1v) is 11.1. The van der Waals surface area contributed by atoms with Gasteiger partial charge in [0.05, 0.1) is 21.1 Å². The van der Waals surface area contributed by atoms with Crippen LogP contribution >= 0.6 is 8.43 Å². The molecule has 0 aliphatic heterocycles. The third-order valence-corrected chi connectivity index (χ3v) is 4.91.